The molecule has 0 aromatic heterocycles. The maximum atomic E-state index is 12.8. The molecule has 2 rings (SSSR count). The number of carbonyl (C=O) groups excluding carboxylic acids is 1. The van der Waals surface area contributed by atoms with Crippen LogP contribution in [0.5, 0.6) is 0 Å². The van der Waals surface area contributed by atoms with Gasteiger partial charge in [0.15, 0.2) is 0 Å². The number of nitrogens with one attached hydrogen (secondary N) is 1. The minimum absolute atomic E-state index is 0.0351. The zero-order valence-corrected chi connectivity index (χ0v) is 11.7. The summed E-state index contributed by atoms with van der Waals surface area (Å²) in [6, 6.07) is 5.56. The first-order valence-corrected chi connectivity index (χ1v) is 7.01. The number of anilines is 1. The lowest BCUT2D eigenvalue weighted by Gasteiger charge is -2.40. The Morgan fingerprint density at radius 1 is 1.35 bits per heavy atom. The largest absolute Gasteiger partial charge is 0.396 e. The fraction of sp³-hybridized carbons (Fsp3) is 0.533. The Kier molecular flexibility index (Phi) is 4.60. The van der Waals surface area contributed by atoms with E-state index in [2.05, 4.69) is 12.2 Å². The first-order valence-electron chi connectivity index (χ1n) is 7.01. The van der Waals surface area contributed by atoms with Gasteiger partial charge in [0, 0.05) is 25.4 Å². The predicted molar refractivity (Wildman–Crippen MR) is 76.0 cm³/mol. The van der Waals surface area contributed by atoms with E-state index in [1.807, 2.05) is 0 Å². The van der Waals surface area contributed by atoms with Crippen LogP contribution in [0.4, 0.5) is 14.9 Å². The first-order chi connectivity index (χ1) is 9.58. The summed E-state index contributed by atoms with van der Waals surface area (Å²) in [6.45, 7) is 3.53. The molecule has 0 aliphatic carbocycles. The van der Waals surface area contributed by atoms with Crippen LogP contribution in [0.25, 0.3) is 0 Å². The van der Waals surface area contributed by atoms with Gasteiger partial charge in [-0.1, -0.05) is 6.92 Å². The number of amides is 2. The van der Waals surface area contributed by atoms with Crippen LogP contribution in [0.2, 0.25) is 0 Å². The van der Waals surface area contributed by atoms with E-state index in [1.54, 1.807) is 17.0 Å². The van der Waals surface area contributed by atoms with E-state index in [4.69, 9.17) is 0 Å². The second-order valence-corrected chi connectivity index (χ2v) is 5.44. The molecule has 110 valence electrons. The van der Waals surface area contributed by atoms with E-state index in [1.165, 1.54) is 12.1 Å². The van der Waals surface area contributed by atoms with Crippen molar-refractivity contribution in [3.8, 4) is 0 Å². The van der Waals surface area contributed by atoms with Crippen molar-refractivity contribution in [2.45, 2.75) is 26.2 Å². The number of likely N-dealkylation sites (tertiary alicyclic amines) is 1. The number of nitrogens with zero attached hydrogens (tertiary/aromatic N) is 1. The minimum Gasteiger partial charge on any atom is -0.396 e. The van der Waals surface area contributed by atoms with Crippen molar-refractivity contribution in [3.05, 3.63) is 30.1 Å². The SMILES string of the molecule is CCC1(CO)CCN(C(=O)Nc2ccc(F)cc2)CC1. The fourth-order valence-electron chi connectivity index (χ4n) is 2.54. The zero-order chi connectivity index (χ0) is 14.6. The third-order valence-corrected chi connectivity index (χ3v) is 4.29. The summed E-state index contributed by atoms with van der Waals surface area (Å²) in [5.74, 6) is -0.323. The van der Waals surface area contributed by atoms with Gasteiger partial charge < -0.3 is 15.3 Å². The van der Waals surface area contributed by atoms with Crippen molar-refractivity contribution in [2.75, 3.05) is 25.0 Å². The average molecular weight is 280 g/mol. The van der Waals surface area contributed by atoms with Gasteiger partial charge in [-0.15, -0.1) is 0 Å². The lowest BCUT2D eigenvalue weighted by Crippen LogP contribution is -2.46. The van der Waals surface area contributed by atoms with Gasteiger partial charge in [0.1, 0.15) is 5.82 Å². The normalized spacial score (nSPS) is 17.9. The molecule has 1 aliphatic heterocycles. The summed E-state index contributed by atoms with van der Waals surface area (Å²) in [5.41, 5.74) is 0.554. The van der Waals surface area contributed by atoms with Crippen LogP contribution in [0.3, 0.4) is 0 Å². The van der Waals surface area contributed by atoms with Gasteiger partial charge >= 0.3 is 6.03 Å². The minimum atomic E-state index is -0.323. The lowest BCUT2D eigenvalue weighted by molar-refractivity contribution is 0.0542. The van der Waals surface area contributed by atoms with E-state index in [0.29, 0.717) is 18.8 Å². The Balaban J connectivity index is 1.90. The van der Waals surface area contributed by atoms with Crippen LogP contribution in [-0.4, -0.2) is 35.7 Å². The summed E-state index contributed by atoms with van der Waals surface area (Å²) in [6.07, 6.45) is 2.56. The quantitative estimate of drug-likeness (QED) is 0.894. The highest BCUT2D eigenvalue weighted by atomic mass is 19.1. The summed E-state index contributed by atoms with van der Waals surface area (Å²) in [5, 5.41) is 12.2. The highest BCUT2D eigenvalue weighted by molar-refractivity contribution is 5.89. The smallest absolute Gasteiger partial charge is 0.321 e. The zero-order valence-electron chi connectivity index (χ0n) is 11.7. The summed E-state index contributed by atoms with van der Waals surface area (Å²) < 4.78 is 12.8. The molecule has 1 aromatic carbocycles. The third-order valence-electron chi connectivity index (χ3n) is 4.29. The Morgan fingerprint density at radius 3 is 2.45 bits per heavy atom. The molecule has 0 atom stereocenters. The van der Waals surface area contributed by atoms with Crippen molar-refractivity contribution in [1.29, 1.82) is 0 Å². The average Bonchev–Trinajstić information content (AvgIpc) is 2.49. The van der Waals surface area contributed by atoms with Crippen LogP contribution in [-0.2, 0) is 0 Å². The number of carbonyl (C=O) groups is 1. The van der Waals surface area contributed by atoms with Crippen molar-refractivity contribution in [1.82, 2.24) is 4.90 Å². The molecule has 1 aliphatic rings. The summed E-state index contributed by atoms with van der Waals surface area (Å²) in [7, 11) is 0. The molecule has 0 radical (unpaired) electrons. The van der Waals surface area contributed by atoms with Crippen LogP contribution in [0.1, 0.15) is 26.2 Å². The van der Waals surface area contributed by atoms with E-state index in [-0.39, 0.29) is 23.9 Å². The summed E-state index contributed by atoms with van der Waals surface area (Å²) in [4.78, 5) is 13.8. The number of aliphatic hydroxyl groups is 1. The molecule has 2 N–H and O–H groups in total. The molecule has 1 heterocycles. The molecule has 1 saturated heterocycles. The number of urea groups is 1. The van der Waals surface area contributed by atoms with E-state index in [0.717, 1.165) is 19.3 Å². The lowest BCUT2D eigenvalue weighted by atomic mass is 9.77. The highest BCUT2D eigenvalue weighted by Gasteiger charge is 2.33. The third kappa shape index (κ3) is 3.28. The predicted octanol–water partition coefficient (Wildman–Crippen LogP) is 2.84. The fourth-order valence-corrected chi connectivity index (χ4v) is 2.54. The monoisotopic (exact) mass is 280 g/mol. The maximum absolute atomic E-state index is 12.8. The molecular formula is C15H21FN2O2. The number of hydrogen-bond donors (Lipinski definition) is 2. The Labute approximate surface area is 118 Å². The van der Waals surface area contributed by atoms with Crippen molar-refractivity contribution in [2.24, 2.45) is 5.41 Å². The number of rotatable bonds is 3. The van der Waals surface area contributed by atoms with Crippen LogP contribution in [0.15, 0.2) is 24.3 Å². The Bertz CT molecular complexity index is 447. The second kappa shape index (κ2) is 6.22. The standard InChI is InChI=1S/C15H21FN2O2/c1-2-15(11-19)7-9-18(10-8-15)14(20)17-13-5-3-12(16)4-6-13/h3-6,19H,2,7-11H2,1H3,(H,17,20). The molecule has 0 spiro atoms. The molecule has 1 aromatic rings. The number of aliphatic hydroxyl groups excluding tert-OH is 1. The molecular weight excluding hydrogens is 259 g/mol. The van der Waals surface area contributed by atoms with Gasteiger partial charge in [-0.3, -0.25) is 0 Å². The van der Waals surface area contributed by atoms with Crippen LogP contribution < -0.4 is 5.32 Å². The Hall–Kier alpha value is -1.62. The van der Waals surface area contributed by atoms with E-state index >= 15 is 0 Å². The van der Waals surface area contributed by atoms with Crippen molar-refractivity contribution in [3.63, 3.8) is 0 Å². The number of piperidine rings is 1. The first kappa shape index (κ1) is 14.8. The van der Waals surface area contributed by atoms with Gasteiger partial charge in [0.25, 0.3) is 0 Å². The van der Waals surface area contributed by atoms with Gasteiger partial charge in [0.2, 0.25) is 0 Å². The maximum Gasteiger partial charge on any atom is 0.321 e. The molecule has 2 amide bonds. The number of halogens is 1. The van der Waals surface area contributed by atoms with Gasteiger partial charge in [-0.25, -0.2) is 9.18 Å². The van der Waals surface area contributed by atoms with Crippen molar-refractivity contribution < 1.29 is 14.3 Å². The van der Waals surface area contributed by atoms with E-state index in [9.17, 15) is 14.3 Å². The molecule has 0 unspecified atom stereocenters. The molecule has 0 saturated carbocycles. The second-order valence-electron chi connectivity index (χ2n) is 5.44. The highest BCUT2D eigenvalue weighted by Crippen LogP contribution is 2.34. The summed E-state index contributed by atoms with van der Waals surface area (Å²) >= 11 is 0. The molecule has 20 heavy (non-hydrogen) atoms. The van der Waals surface area contributed by atoms with E-state index < -0.39 is 0 Å². The van der Waals surface area contributed by atoms with Crippen LogP contribution in [0, 0.1) is 11.2 Å². The molecule has 5 heteroatoms. The van der Waals surface area contributed by atoms with Crippen molar-refractivity contribution >= 4 is 11.7 Å². The van der Waals surface area contributed by atoms with Gasteiger partial charge in [-0.2, -0.15) is 0 Å². The molecule has 1 fully saturated rings. The number of benzene rings is 1. The van der Waals surface area contributed by atoms with Gasteiger partial charge in [-0.05, 0) is 48.9 Å². The molecule has 4 nitrogen and oxygen atoms in total. The Morgan fingerprint density at radius 2 is 1.95 bits per heavy atom. The number of hydrogen-bond acceptors (Lipinski definition) is 2. The van der Waals surface area contributed by atoms with Gasteiger partial charge in [0.05, 0.1) is 0 Å². The van der Waals surface area contributed by atoms with Crippen LogP contribution >= 0.6 is 0 Å². The molecule has 0 bridgehead atoms. The topological polar surface area (TPSA) is 52.6 Å².